The van der Waals surface area contributed by atoms with E-state index in [1.807, 2.05) is 24.4 Å². The Balaban J connectivity index is 0.00000560. The first kappa shape index (κ1) is 44.5. The van der Waals surface area contributed by atoms with Crippen LogP contribution < -0.4 is 0 Å². The van der Waals surface area contributed by atoms with Gasteiger partial charge in [-0.15, -0.1) is 23.8 Å². The van der Waals surface area contributed by atoms with Crippen LogP contribution in [0.5, 0.6) is 5.75 Å². The number of rotatable bonds is 8. The van der Waals surface area contributed by atoms with Crippen LogP contribution in [0, 0.1) is 11.5 Å². The Kier molecular flexibility index (Phi) is 12.4. The summed E-state index contributed by atoms with van der Waals surface area (Å²) >= 11 is 0. The van der Waals surface area contributed by atoms with Crippen molar-refractivity contribution in [2.24, 2.45) is 5.41 Å². The number of aromatic hydroxyl groups is 1. The van der Waals surface area contributed by atoms with Crippen molar-refractivity contribution in [3.8, 4) is 67.5 Å². The van der Waals surface area contributed by atoms with E-state index < -0.39 is 0 Å². The first-order valence-electron chi connectivity index (χ1n) is 22.3. The zero-order valence-corrected chi connectivity index (χ0v) is 40.3. The largest absolute Gasteiger partial charge is 0.507 e. The molecule has 64 heavy (non-hydrogen) atoms. The molecule has 324 valence electrons. The molecule has 0 bridgehead atoms. The number of aromatic nitrogens is 3. The molecule has 2 aromatic heterocycles. The first-order chi connectivity index (χ1) is 30.2. The van der Waals surface area contributed by atoms with Crippen molar-refractivity contribution in [3.63, 3.8) is 0 Å². The number of imidazole rings is 1. The van der Waals surface area contributed by atoms with E-state index in [-0.39, 0.29) is 49.5 Å². The topological polar surface area (TPSA) is 50.9 Å². The second-order valence-electron chi connectivity index (χ2n) is 19.4. The fourth-order valence-corrected chi connectivity index (χ4v) is 8.80. The molecule has 0 spiro atoms. The van der Waals surface area contributed by atoms with Gasteiger partial charge in [-0.1, -0.05) is 187 Å². The van der Waals surface area contributed by atoms with E-state index >= 15 is 0 Å². The van der Waals surface area contributed by atoms with Gasteiger partial charge in [0.2, 0.25) is 0 Å². The summed E-state index contributed by atoms with van der Waals surface area (Å²) in [5, 5.41) is 11.8. The maximum atomic E-state index is 11.8. The third-order valence-electron chi connectivity index (χ3n) is 12.5. The molecule has 2 heterocycles. The number of pyridine rings is 1. The maximum absolute atomic E-state index is 11.8. The number of hydrogen-bond donors (Lipinski definition) is 1. The molecule has 1 unspecified atom stereocenters. The van der Waals surface area contributed by atoms with E-state index in [9.17, 15) is 5.11 Å². The van der Waals surface area contributed by atoms with Crippen molar-refractivity contribution >= 4 is 11.0 Å². The van der Waals surface area contributed by atoms with Gasteiger partial charge >= 0.3 is 0 Å². The van der Waals surface area contributed by atoms with E-state index in [1.165, 1.54) is 16.7 Å². The summed E-state index contributed by atoms with van der Waals surface area (Å²) in [5.74, 6) is 1.32. The second-order valence-corrected chi connectivity index (χ2v) is 19.4. The van der Waals surface area contributed by atoms with Gasteiger partial charge in [0, 0.05) is 38.9 Å². The normalized spacial score (nSPS) is 14.1. The Morgan fingerprint density at radius 2 is 1.38 bits per heavy atom. The molecule has 0 aliphatic heterocycles. The Morgan fingerprint density at radius 1 is 0.672 bits per heavy atom. The van der Waals surface area contributed by atoms with Crippen LogP contribution in [0.25, 0.3) is 72.7 Å². The number of para-hydroxylation sites is 1. The van der Waals surface area contributed by atoms with Gasteiger partial charge in [0.1, 0.15) is 11.6 Å². The Morgan fingerprint density at radius 3 is 2.03 bits per heavy atom. The smallest absolute Gasteiger partial charge is 0.148 e. The number of nitrogens with zero attached hydrogens (tertiary/aromatic N) is 3. The fraction of sp³-hybridized carbons (Fsp3) is 0.220. The third-order valence-corrected chi connectivity index (χ3v) is 12.5. The number of fused-ring (bicyclic) bond motifs is 1. The van der Waals surface area contributed by atoms with Crippen molar-refractivity contribution in [1.29, 1.82) is 0 Å². The molecule has 8 aromatic rings. The van der Waals surface area contributed by atoms with Gasteiger partial charge in [-0.05, 0) is 92.5 Å². The van der Waals surface area contributed by atoms with Crippen LogP contribution in [-0.4, -0.2) is 19.6 Å². The number of phenolic OH excluding ortho intramolecular Hbond substituents is 1. The van der Waals surface area contributed by atoms with E-state index in [0.717, 1.165) is 73.3 Å². The Bertz CT molecular complexity index is 3030. The van der Waals surface area contributed by atoms with Crippen LogP contribution in [0.15, 0.2) is 170 Å². The third kappa shape index (κ3) is 8.86. The van der Waals surface area contributed by atoms with Gasteiger partial charge in [0.15, 0.2) is 0 Å². The van der Waals surface area contributed by atoms with Crippen LogP contribution in [0.2, 0.25) is 0 Å². The molecular formula is C59H56N3OPt-. The van der Waals surface area contributed by atoms with Gasteiger partial charge in [-0.3, -0.25) is 9.55 Å². The maximum Gasteiger partial charge on any atom is 0.148 e. The predicted molar refractivity (Wildman–Crippen MR) is 263 cm³/mol. The Hall–Kier alpha value is -6.09. The van der Waals surface area contributed by atoms with Gasteiger partial charge in [0.05, 0.1) is 22.3 Å². The summed E-state index contributed by atoms with van der Waals surface area (Å²) in [4.78, 5) is 10.5. The van der Waals surface area contributed by atoms with E-state index in [0.29, 0.717) is 11.4 Å². The molecule has 0 saturated carbocycles. The SMILES string of the molecule is CC(C)c1ccc(O)c(-c2nc3c(-c4[c-]c(-c5cc(-c6ccccc6)ccn5)cc(-c5ccccc5)c4)cccc3n2-c2cc(C(C)(C)C)ccc2C2C=CC(C(C)(C)C)=CC2)c1.[Pt]. The van der Waals surface area contributed by atoms with Gasteiger partial charge in [-0.2, -0.15) is 0 Å². The van der Waals surface area contributed by atoms with Crippen LogP contribution in [0.4, 0.5) is 0 Å². The van der Waals surface area contributed by atoms with Gasteiger partial charge < -0.3 is 5.11 Å². The monoisotopic (exact) mass is 1020 g/mol. The minimum atomic E-state index is -0.106. The molecular weight excluding hydrogens is 962 g/mol. The molecule has 0 fully saturated rings. The van der Waals surface area contributed by atoms with Crippen molar-refractivity contribution in [1.82, 2.24) is 14.5 Å². The molecule has 5 heteroatoms. The molecule has 4 nitrogen and oxygen atoms in total. The zero-order valence-electron chi connectivity index (χ0n) is 38.1. The van der Waals surface area contributed by atoms with E-state index in [4.69, 9.17) is 9.97 Å². The van der Waals surface area contributed by atoms with E-state index in [1.54, 1.807) is 0 Å². The van der Waals surface area contributed by atoms with Gasteiger partial charge in [-0.25, -0.2) is 4.98 Å². The Labute approximate surface area is 393 Å². The summed E-state index contributed by atoms with van der Waals surface area (Å²) in [6.45, 7) is 18.0. The van der Waals surface area contributed by atoms with Crippen LogP contribution >= 0.6 is 0 Å². The first-order valence-corrected chi connectivity index (χ1v) is 22.3. The van der Waals surface area contributed by atoms with E-state index in [2.05, 4.69) is 206 Å². The van der Waals surface area contributed by atoms with Crippen LogP contribution in [0.1, 0.15) is 90.3 Å². The fourth-order valence-electron chi connectivity index (χ4n) is 8.80. The summed E-state index contributed by atoms with van der Waals surface area (Å²) in [6, 6.07) is 52.8. The summed E-state index contributed by atoms with van der Waals surface area (Å²) in [7, 11) is 0. The molecule has 6 aromatic carbocycles. The molecule has 1 aliphatic rings. The quantitative estimate of drug-likeness (QED) is 0.154. The molecule has 1 aliphatic carbocycles. The predicted octanol–water partition coefficient (Wildman–Crippen LogP) is 15.7. The molecule has 1 N–H and O–H groups in total. The molecule has 1 atom stereocenters. The average Bonchev–Trinajstić information content (AvgIpc) is 3.68. The minimum absolute atomic E-state index is 0. The average molecular weight is 1020 g/mol. The number of phenols is 1. The number of allylic oxidation sites excluding steroid dienone is 4. The summed E-state index contributed by atoms with van der Waals surface area (Å²) in [5.41, 5.74) is 16.5. The van der Waals surface area contributed by atoms with Crippen molar-refractivity contribution in [2.45, 2.75) is 79.1 Å². The standard InChI is InChI=1S/C59H56N3O.Pt/c1-38(2)42-24-29-55(63)51(35-42)57-61-56-50(45-32-44(40-18-13-10-14-19-40)33-46(34-45)52-36-43(30-31-60-52)39-16-11-9-12-17-39)20-15-21-53(56)62(57)54-37-48(59(6,7)8)27-28-49(54)41-22-25-47(26-23-41)58(3,4)5;/h9-22,24-33,35-38,41,63H,23H2,1-8H3;/q-1;. The summed E-state index contributed by atoms with van der Waals surface area (Å²) < 4.78 is 2.31. The van der Waals surface area contributed by atoms with Crippen LogP contribution in [-0.2, 0) is 26.5 Å². The zero-order chi connectivity index (χ0) is 44.0. The second kappa shape index (κ2) is 17.8. The van der Waals surface area contributed by atoms with Crippen molar-refractivity contribution in [2.75, 3.05) is 0 Å². The minimum Gasteiger partial charge on any atom is -0.507 e. The van der Waals surface area contributed by atoms with Crippen molar-refractivity contribution < 1.29 is 26.2 Å². The summed E-state index contributed by atoms with van der Waals surface area (Å²) in [6.07, 6.45) is 9.89. The molecule has 0 saturated heterocycles. The molecule has 9 rings (SSSR count). The van der Waals surface area contributed by atoms with Crippen LogP contribution in [0.3, 0.4) is 0 Å². The molecule has 0 amide bonds. The molecule has 0 radical (unpaired) electrons. The van der Waals surface area contributed by atoms with Gasteiger partial charge in [0.25, 0.3) is 0 Å². The number of benzene rings is 6. The number of hydrogen-bond acceptors (Lipinski definition) is 3. The van der Waals surface area contributed by atoms with Crippen molar-refractivity contribution in [3.05, 3.63) is 192 Å².